The van der Waals surface area contributed by atoms with Crippen molar-refractivity contribution in [1.29, 1.82) is 0 Å². The Kier molecular flexibility index (Phi) is 6.89. The van der Waals surface area contributed by atoms with E-state index in [-0.39, 0.29) is 6.04 Å². The highest BCUT2D eigenvalue weighted by Gasteiger charge is 2.04. The number of hydrogen-bond donors (Lipinski definition) is 1. The molecule has 0 aliphatic rings. The first-order valence-electron chi connectivity index (χ1n) is 7.20. The van der Waals surface area contributed by atoms with Gasteiger partial charge in [-0.15, -0.1) is 0 Å². The van der Waals surface area contributed by atoms with Gasteiger partial charge in [-0.3, -0.25) is 0 Å². The molecule has 19 heavy (non-hydrogen) atoms. The molecule has 1 unspecified atom stereocenters. The normalized spacial score (nSPS) is 12.7. The monoisotopic (exact) mass is 264 g/mol. The van der Waals surface area contributed by atoms with Gasteiger partial charge in [0.05, 0.1) is 12.7 Å². The molecule has 0 aromatic heterocycles. The number of nitrogens with two attached hydrogens (primary N) is 1. The average molecular weight is 264 g/mol. The minimum absolute atomic E-state index is 0.267. The lowest BCUT2D eigenvalue weighted by molar-refractivity contribution is 0.0846. The lowest BCUT2D eigenvalue weighted by Crippen LogP contribution is -2.24. The standard InChI is InChI=1S/C16H28N2O/c1-5-15(17)12-14-6-8-16(9-7-14)18(4)10-11-19-13(2)3/h6-9,13,15H,5,10-12,17H2,1-4H3. The molecule has 1 aromatic carbocycles. The Balaban J connectivity index is 2.46. The van der Waals surface area contributed by atoms with Crippen LogP contribution in [0.25, 0.3) is 0 Å². The van der Waals surface area contributed by atoms with Crippen molar-refractivity contribution < 1.29 is 4.74 Å². The molecule has 0 radical (unpaired) electrons. The zero-order valence-corrected chi connectivity index (χ0v) is 12.7. The molecule has 0 aliphatic heterocycles. The number of ether oxygens (including phenoxy) is 1. The third kappa shape index (κ3) is 6.08. The molecule has 1 rings (SSSR count). The fraction of sp³-hybridized carbons (Fsp3) is 0.625. The second-order valence-electron chi connectivity index (χ2n) is 5.38. The fourth-order valence-corrected chi connectivity index (χ4v) is 1.89. The van der Waals surface area contributed by atoms with Crippen LogP contribution in [0.2, 0.25) is 0 Å². The quantitative estimate of drug-likeness (QED) is 0.784. The van der Waals surface area contributed by atoms with Gasteiger partial charge in [0, 0.05) is 25.3 Å². The maximum Gasteiger partial charge on any atom is 0.0644 e. The Bertz CT molecular complexity index is 348. The van der Waals surface area contributed by atoms with E-state index in [2.05, 4.69) is 57.0 Å². The number of nitrogens with zero attached hydrogens (tertiary/aromatic N) is 1. The Morgan fingerprint density at radius 3 is 2.37 bits per heavy atom. The molecule has 1 atom stereocenters. The molecule has 0 heterocycles. The Morgan fingerprint density at radius 2 is 1.84 bits per heavy atom. The maximum absolute atomic E-state index is 5.97. The lowest BCUT2D eigenvalue weighted by Gasteiger charge is -2.20. The van der Waals surface area contributed by atoms with E-state index in [1.807, 2.05) is 0 Å². The zero-order valence-electron chi connectivity index (χ0n) is 12.7. The SMILES string of the molecule is CCC(N)Cc1ccc(N(C)CCOC(C)C)cc1. The first-order chi connectivity index (χ1) is 9.02. The van der Waals surface area contributed by atoms with Crippen LogP contribution in [-0.2, 0) is 11.2 Å². The summed E-state index contributed by atoms with van der Waals surface area (Å²) in [6, 6.07) is 8.93. The van der Waals surface area contributed by atoms with E-state index in [4.69, 9.17) is 10.5 Å². The Labute approximate surface area is 117 Å². The number of likely N-dealkylation sites (N-methyl/N-ethyl adjacent to an activating group) is 1. The Morgan fingerprint density at radius 1 is 1.21 bits per heavy atom. The fourth-order valence-electron chi connectivity index (χ4n) is 1.89. The van der Waals surface area contributed by atoms with Gasteiger partial charge in [-0.2, -0.15) is 0 Å². The van der Waals surface area contributed by atoms with Crippen LogP contribution in [0.3, 0.4) is 0 Å². The van der Waals surface area contributed by atoms with Crippen molar-refractivity contribution in [3.63, 3.8) is 0 Å². The maximum atomic E-state index is 5.97. The predicted molar refractivity (Wildman–Crippen MR) is 82.8 cm³/mol. The predicted octanol–water partition coefficient (Wildman–Crippen LogP) is 2.83. The smallest absolute Gasteiger partial charge is 0.0644 e. The second-order valence-corrected chi connectivity index (χ2v) is 5.38. The van der Waals surface area contributed by atoms with Crippen LogP contribution in [0.15, 0.2) is 24.3 Å². The van der Waals surface area contributed by atoms with Gasteiger partial charge in [-0.05, 0) is 44.4 Å². The van der Waals surface area contributed by atoms with E-state index in [9.17, 15) is 0 Å². The summed E-state index contributed by atoms with van der Waals surface area (Å²) in [6.45, 7) is 7.92. The van der Waals surface area contributed by atoms with Gasteiger partial charge in [0.1, 0.15) is 0 Å². The van der Waals surface area contributed by atoms with Crippen molar-refractivity contribution in [2.45, 2.75) is 45.8 Å². The summed E-state index contributed by atoms with van der Waals surface area (Å²) in [4.78, 5) is 2.21. The average Bonchev–Trinajstić information content (AvgIpc) is 2.38. The van der Waals surface area contributed by atoms with Crippen molar-refractivity contribution in [2.75, 3.05) is 25.1 Å². The summed E-state index contributed by atoms with van der Waals surface area (Å²) in [5, 5.41) is 0. The van der Waals surface area contributed by atoms with Gasteiger partial charge >= 0.3 is 0 Å². The molecule has 0 aliphatic carbocycles. The van der Waals surface area contributed by atoms with Crippen molar-refractivity contribution in [2.24, 2.45) is 5.73 Å². The summed E-state index contributed by atoms with van der Waals surface area (Å²) in [6.07, 6.45) is 2.27. The van der Waals surface area contributed by atoms with Gasteiger partial charge in [0.25, 0.3) is 0 Å². The molecular formula is C16H28N2O. The molecule has 0 amide bonds. The zero-order chi connectivity index (χ0) is 14.3. The lowest BCUT2D eigenvalue weighted by atomic mass is 10.0. The first-order valence-corrected chi connectivity index (χ1v) is 7.20. The molecule has 0 fully saturated rings. The van der Waals surface area contributed by atoms with E-state index in [1.165, 1.54) is 11.3 Å². The molecule has 1 aromatic rings. The number of anilines is 1. The molecular weight excluding hydrogens is 236 g/mol. The van der Waals surface area contributed by atoms with E-state index < -0.39 is 0 Å². The van der Waals surface area contributed by atoms with Crippen molar-refractivity contribution in [1.82, 2.24) is 0 Å². The largest absolute Gasteiger partial charge is 0.377 e. The van der Waals surface area contributed by atoms with Crippen LogP contribution < -0.4 is 10.6 Å². The number of hydrogen-bond acceptors (Lipinski definition) is 3. The van der Waals surface area contributed by atoms with Gasteiger partial charge in [0.15, 0.2) is 0 Å². The topological polar surface area (TPSA) is 38.5 Å². The third-order valence-electron chi connectivity index (χ3n) is 3.28. The van der Waals surface area contributed by atoms with Crippen LogP contribution in [0.1, 0.15) is 32.8 Å². The van der Waals surface area contributed by atoms with Crippen LogP contribution in [-0.4, -0.2) is 32.3 Å². The van der Waals surface area contributed by atoms with Gasteiger partial charge in [-0.25, -0.2) is 0 Å². The summed E-state index contributed by atoms with van der Waals surface area (Å²) in [5.41, 5.74) is 8.50. The van der Waals surface area contributed by atoms with E-state index in [0.717, 1.165) is 26.0 Å². The van der Waals surface area contributed by atoms with Gasteiger partial charge < -0.3 is 15.4 Å². The van der Waals surface area contributed by atoms with E-state index >= 15 is 0 Å². The van der Waals surface area contributed by atoms with Crippen LogP contribution in [0.5, 0.6) is 0 Å². The van der Waals surface area contributed by atoms with Crippen molar-refractivity contribution >= 4 is 5.69 Å². The highest BCUT2D eigenvalue weighted by Crippen LogP contribution is 2.15. The number of benzene rings is 1. The van der Waals surface area contributed by atoms with E-state index in [0.29, 0.717) is 6.10 Å². The molecule has 108 valence electrons. The van der Waals surface area contributed by atoms with E-state index in [1.54, 1.807) is 0 Å². The molecule has 2 N–H and O–H groups in total. The number of rotatable bonds is 8. The first kappa shape index (κ1) is 16.0. The minimum atomic E-state index is 0.267. The Hall–Kier alpha value is -1.06. The van der Waals surface area contributed by atoms with Crippen molar-refractivity contribution in [3.05, 3.63) is 29.8 Å². The summed E-state index contributed by atoms with van der Waals surface area (Å²) >= 11 is 0. The summed E-state index contributed by atoms with van der Waals surface area (Å²) < 4.78 is 5.57. The second kappa shape index (κ2) is 8.18. The highest BCUT2D eigenvalue weighted by molar-refractivity contribution is 5.46. The molecule has 3 heteroatoms. The van der Waals surface area contributed by atoms with Crippen LogP contribution in [0, 0.1) is 0 Å². The van der Waals surface area contributed by atoms with Crippen LogP contribution in [0.4, 0.5) is 5.69 Å². The highest BCUT2D eigenvalue weighted by atomic mass is 16.5. The van der Waals surface area contributed by atoms with Crippen molar-refractivity contribution in [3.8, 4) is 0 Å². The van der Waals surface area contributed by atoms with Crippen LogP contribution >= 0.6 is 0 Å². The molecule has 0 spiro atoms. The van der Waals surface area contributed by atoms with Gasteiger partial charge in [0.2, 0.25) is 0 Å². The molecule has 0 saturated carbocycles. The third-order valence-corrected chi connectivity index (χ3v) is 3.28. The summed E-state index contributed by atoms with van der Waals surface area (Å²) in [7, 11) is 2.09. The molecule has 3 nitrogen and oxygen atoms in total. The molecule has 0 saturated heterocycles. The summed E-state index contributed by atoms with van der Waals surface area (Å²) in [5.74, 6) is 0. The molecule has 0 bridgehead atoms. The van der Waals surface area contributed by atoms with Gasteiger partial charge in [-0.1, -0.05) is 19.1 Å². The minimum Gasteiger partial charge on any atom is -0.377 e.